The molecular formula is C17H27NOS. The fourth-order valence-corrected chi connectivity index (χ4v) is 3.43. The summed E-state index contributed by atoms with van der Waals surface area (Å²) in [4.78, 5) is 2.56. The maximum Gasteiger partial charge on any atom is 0.0609 e. The van der Waals surface area contributed by atoms with Crippen molar-refractivity contribution in [2.75, 3.05) is 31.6 Å². The van der Waals surface area contributed by atoms with Gasteiger partial charge in [0.2, 0.25) is 0 Å². The van der Waals surface area contributed by atoms with Crippen LogP contribution in [0.25, 0.3) is 0 Å². The lowest BCUT2D eigenvalue weighted by molar-refractivity contribution is 0.0598. The number of piperidine rings is 1. The van der Waals surface area contributed by atoms with Gasteiger partial charge in [0.1, 0.15) is 0 Å². The van der Waals surface area contributed by atoms with Gasteiger partial charge >= 0.3 is 0 Å². The molecule has 0 unspecified atom stereocenters. The summed E-state index contributed by atoms with van der Waals surface area (Å²) in [6.45, 7) is 3.54. The molecule has 1 N–H and O–H groups in total. The standard InChI is InChI=1S/C17H27NOS/c1-20-13-5-10-18-11-8-16(9-12-18)17(19)14-15-6-3-2-4-7-15/h2-4,6-7,16-17,19H,5,8-14H2,1H3/t17-/m1/s1. The molecule has 1 saturated heterocycles. The van der Waals surface area contributed by atoms with Gasteiger partial charge in [-0.15, -0.1) is 0 Å². The SMILES string of the molecule is CSCCCN1CCC([C@H](O)Cc2ccccc2)CC1. The summed E-state index contributed by atoms with van der Waals surface area (Å²) in [7, 11) is 0. The first-order chi connectivity index (χ1) is 9.79. The van der Waals surface area contributed by atoms with Crippen LogP contribution >= 0.6 is 11.8 Å². The fourth-order valence-electron chi connectivity index (χ4n) is 3.02. The van der Waals surface area contributed by atoms with Gasteiger partial charge in [-0.2, -0.15) is 11.8 Å². The molecule has 2 rings (SSSR count). The first-order valence-electron chi connectivity index (χ1n) is 7.73. The third-order valence-electron chi connectivity index (χ3n) is 4.29. The van der Waals surface area contributed by atoms with E-state index >= 15 is 0 Å². The molecule has 2 nitrogen and oxygen atoms in total. The summed E-state index contributed by atoms with van der Waals surface area (Å²) in [6, 6.07) is 10.4. The van der Waals surface area contributed by atoms with E-state index in [1.165, 1.54) is 24.3 Å². The van der Waals surface area contributed by atoms with Crippen molar-refractivity contribution in [3.05, 3.63) is 35.9 Å². The second-order valence-corrected chi connectivity index (χ2v) is 6.77. The van der Waals surface area contributed by atoms with E-state index in [-0.39, 0.29) is 6.10 Å². The van der Waals surface area contributed by atoms with Crippen LogP contribution in [0.15, 0.2) is 30.3 Å². The van der Waals surface area contributed by atoms with Crippen LogP contribution in [0.4, 0.5) is 0 Å². The minimum Gasteiger partial charge on any atom is -0.392 e. The smallest absolute Gasteiger partial charge is 0.0609 e. The van der Waals surface area contributed by atoms with Gasteiger partial charge in [-0.05, 0) is 68.8 Å². The Kier molecular flexibility index (Phi) is 6.91. The highest BCUT2D eigenvalue weighted by molar-refractivity contribution is 7.98. The Balaban J connectivity index is 1.70. The zero-order valence-electron chi connectivity index (χ0n) is 12.5. The predicted molar refractivity (Wildman–Crippen MR) is 88.3 cm³/mol. The Morgan fingerprint density at radius 1 is 1.25 bits per heavy atom. The van der Waals surface area contributed by atoms with Crippen LogP contribution in [0.1, 0.15) is 24.8 Å². The summed E-state index contributed by atoms with van der Waals surface area (Å²) in [5.41, 5.74) is 1.25. The number of nitrogens with zero attached hydrogens (tertiary/aromatic N) is 1. The van der Waals surface area contributed by atoms with Crippen molar-refractivity contribution in [1.82, 2.24) is 4.90 Å². The van der Waals surface area contributed by atoms with Crippen LogP contribution < -0.4 is 0 Å². The average molecular weight is 293 g/mol. The highest BCUT2D eigenvalue weighted by Gasteiger charge is 2.24. The molecule has 0 aliphatic carbocycles. The van der Waals surface area contributed by atoms with Gasteiger partial charge in [-0.1, -0.05) is 30.3 Å². The van der Waals surface area contributed by atoms with Gasteiger partial charge in [0.25, 0.3) is 0 Å². The van der Waals surface area contributed by atoms with Gasteiger partial charge in [0.15, 0.2) is 0 Å². The van der Waals surface area contributed by atoms with Crippen LogP contribution in [-0.2, 0) is 6.42 Å². The third kappa shape index (κ3) is 5.12. The van der Waals surface area contributed by atoms with Gasteiger partial charge in [-0.3, -0.25) is 0 Å². The summed E-state index contributed by atoms with van der Waals surface area (Å²) < 4.78 is 0. The minimum absolute atomic E-state index is 0.175. The van der Waals surface area contributed by atoms with Crippen molar-refractivity contribution >= 4 is 11.8 Å². The van der Waals surface area contributed by atoms with E-state index in [1.54, 1.807) is 0 Å². The van der Waals surface area contributed by atoms with E-state index in [0.29, 0.717) is 5.92 Å². The van der Waals surface area contributed by atoms with E-state index in [9.17, 15) is 5.11 Å². The van der Waals surface area contributed by atoms with Gasteiger partial charge in [-0.25, -0.2) is 0 Å². The average Bonchev–Trinajstić information content (AvgIpc) is 2.49. The lowest BCUT2D eigenvalue weighted by Gasteiger charge is -2.34. The van der Waals surface area contributed by atoms with E-state index in [2.05, 4.69) is 35.4 Å². The zero-order valence-corrected chi connectivity index (χ0v) is 13.3. The van der Waals surface area contributed by atoms with Crippen molar-refractivity contribution in [3.8, 4) is 0 Å². The molecule has 0 spiro atoms. The molecule has 1 fully saturated rings. The molecule has 1 aliphatic rings. The van der Waals surface area contributed by atoms with Crippen molar-refractivity contribution in [2.24, 2.45) is 5.92 Å². The normalized spacial score (nSPS) is 19.1. The summed E-state index contributed by atoms with van der Waals surface area (Å²) in [5, 5.41) is 10.4. The molecule has 112 valence electrons. The molecule has 1 aliphatic heterocycles. The number of benzene rings is 1. The first kappa shape index (κ1) is 15.9. The summed E-state index contributed by atoms with van der Waals surface area (Å²) >= 11 is 1.93. The molecule has 1 aromatic carbocycles. The van der Waals surface area contributed by atoms with Crippen molar-refractivity contribution in [2.45, 2.75) is 31.8 Å². The second-order valence-electron chi connectivity index (χ2n) is 5.78. The number of hydrogen-bond acceptors (Lipinski definition) is 3. The molecule has 1 heterocycles. The van der Waals surface area contributed by atoms with Gasteiger partial charge < -0.3 is 10.0 Å². The Labute approximate surface area is 127 Å². The summed E-state index contributed by atoms with van der Waals surface area (Å²) in [6.07, 6.45) is 6.38. The Morgan fingerprint density at radius 2 is 1.95 bits per heavy atom. The quantitative estimate of drug-likeness (QED) is 0.782. The molecule has 20 heavy (non-hydrogen) atoms. The van der Waals surface area contributed by atoms with Gasteiger partial charge in [0.05, 0.1) is 6.10 Å². The highest BCUT2D eigenvalue weighted by Crippen LogP contribution is 2.23. The Hall–Kier alpha value is -0.510. The summed E-state index contributed by atoms with van der Waals surface area (Å²) in [5.74, 6) is 1.74. The minimum atomic E-state index is -0.175. The number of thioether (sulfide) groups is 1. The molecule has 0 bridgehead atoms. The topological polar surface area (TPSA) is 23.5 Å². The van der Waals surface area contributed by atoms with Crippen LogP contribution in [-0.4, -0.2) is 47.8 Å². The van der Waals surface area contributed by atoms with E-state index in [0.717, 1.165) is 32.4 Å². The number of likely N-dealkylation sites (tertiary alicyclic amines) is 1. The van der Waals surface area contributed by atoms with Crippen molar-refractivity contribution in [1.29, 1.82) is 0 Å². The molecule has 0 aromatic heterocycles. The monoisotopic (exact) mass is 293 g/mol. The predicted octanol–water partition coefficient (Wildman–Crippen LogP) is 3.06. The van der Waals surface area contributed by atoms with E-state index < -0.39 is 0 Å². The molecule has 1 atom stereocenters. The Bertz CT molecular complexity index is 363. The van der Waals surface area contributed by atoms with E-state index in [1.807, 2.05) is 17.8 Å². The zero-order chi connectivity index (χ0) is 14.2. The van der Waals surface area contributed by atoms with Crippen LogP contribution in [0, 0.1) is 5.92 Å². The molecule has 0 saturated carbocycles. The maximum atomic E-state index is 10.4. The number of hydrogen-bond donors (Lipinski definition) is 1. The highest BCUT2D eigenvalue weighted by atomic mass is 32.2. The lowest BCUT2D eigenvalue weighted by Crippen LogP contribution is -2.39. The Morgan fingerprint density at radius 3 is 2.60 bits per heavy atom. The molecular weight excluding hydrogens is 266 g/mol. The van der Waals surface area contributed by atoms with Crippen molar-refractivity contribution < 1.29 is 5.11 Å². The number of aliphatic hydroxyl groups is 1. The maximum absolute atomic E-state index is 10.4. The van der Waals surface area contributed by atoms with Gasteiger partial charge in [0, 0.05) is 0 Å². The van der Waals surface area contributed by atoms with E-state index in [4.69, 9.17) is 0 Å². The van der Waals surface area contributed by atoms with Crippen LogP contribution in [0.2, 0.25) is 0 Å². The second kappa shape index (κ2) is 8.71. The number of rotatable bonds is 7. The number of aliphatic hydroxyl groups excluding tert-OH is 1. The lowest BCUT2D eigenvalue weighted by atomic mass is 9.88. The largest absolute Gasteiger partial charge is 0.392 e. The first-order valence-corrected chi connectivity index (χ1v) is 9.12. The molecule has 0 radical (unpaired) electrons. The molecule has 0 amide bonds. The molecule has 1 aromatic rings. The van der Waals surface area contributed by atoms with Crippen LogP contribution in [0.3, 0.4) is 0 Å². The fraction of sp³-hybridized carbons (Fsp3) is 0.647. The van der Waals surface area contributed by atoms with Crippen molar-refractivity contribution in [3.63, 3.8) is 0 Å². The molecule has 3 heteroatoms. The third-order valence-corrected chi connectivity index (χ3v) is 4.98. The van der Waals surface area contributed by atoms with Crippen LogP contribution in [0.5, 0.6) is 0 Å².